The van der Waals surface area contributed by atoms with E-state index >= 15 is 0 Å². The van der Waals surface area contributed by atoms with Crippen molar-refractivity contribution in [2.24, 2.45) is 0 Å². The van der Waals surface area contributed by atoms with Crippen molar-refractivity contribution < 1.29 is 9.53 Å². The maximum absolute atomic E-state index is 12.0. The molecule has 0 radical (unpaired) electrons. The van der Waals surface area contributed by atoms with E-state index in [0.29, 0.717) is 12.5 Å². The Bertz CT molecular complexity index is 384. The summed E-state index contributed by atoms with van der Waals surface area (Å²) in [6.45, 7) is 9.44. The summed E-state index contributed by atoms with van der Waals surface area (Å²) in [6, 6.07) is 7.83. The van der Waals surface area contributed by atoms with Gasteiger partial charge in [-0.1, -0.05) is 45.0 Å². The topological polar surface area (TPSA) is 38.3 Å². The summed E-state index contributed by atoms with van der Waals surface area (Å²) < 4.78 is 5.13. The van der Waals surface area contributed by atoms with Crippen LogP contribution in [0.5, 0.6) is 0 Å². The zero-order chi connectivity index (χ0) is 14.3. The van der Waals surface area contributed by atoms with Gasteiger partial charge in [-0.25, -0.2) is 4.79 Å². The summed E-state index contributed by atoms with van der Waals surface area (Å²) in [5, 5.41) is 3.24. The molecule has 0 aromatic heterocycles. The van der Waals surface area contributed by atoms with Crippen LogP contribution in [0.2, 0.25) is 0 Å². The van der Waals surface area contributed by atoms with Crippen LogP contribution >= 0.6 is 0 Å². The van der Waals surface area contributed by atoms with Crippen molar-refractivity contribution in [3.63, 3.8) is 0 Å². The van der Waals surface area contributed by atoms with Crippen LogP contribution in [0.15, 0.2) is 24.3 Å². The quantitative estimate of drug-likeness (QED) is 0.766. The highest BCUT2D eigenvalue weighted by atomic mass is 16.5. The number of esters is 1. The van der Waals surface area contributed by atoms with Crippen LogP contribution in [0, 0.1) is 0 Å². The third-order valence-corrected chi connectivity index (χ3v) is 3.06. The molecular formula is C16H25NO2. The van der Waals surface area contributed by atoms with Gasteiger partial charge in [0.1, 0.15) is 6.04 Å². The molecule has 3 nitrogen and oxygen atoms in total. The Labute approximate surface area is 116 Å². The first-order valence-corrected chi connectivity index (χ1v) is 7.10. The molecule has 0 heterocycles. The summed E-state index contributed by atoms with van der Waals surface area (Å²) in [5.41, 5.74) is 2.25. The third-order valence-electron chi connectivity index (χ3n) is 3.06. The fourth-order valence-corrected chi connectivity index (χ4v) is 1.92. The molecule has 1 rings (SSSR count). The van der Waals surface area contributed by atoms with Gasteiger partial charge in [-0.15, -0.1) is 0 Å². The molecular weight excluding hydrogens is 238 g/mol. The number of hydrogen-bond acceptors (Lipinski definition) is 3. The van der Waals surface area contributed by atoms with E-state index in [1.54, 1.807) is 0 Å². The van der Waals surface area contributed by atoms with Crippen LogP contribution in [-0.2, 0) is 9.53 Å². The molecule has 0 aliphatic rings. The Kier molecular flexibility index (Phi) is 6.57. The first-order valence-electron chi connectivity index (χ1n) is 7.10. The lowest BCUT2D eigenvalue weighted by Gasteiger charge is -2.18. The van der Waals surface area contributed by atoms with Crippen LogP contribution in [0.25, 0.3) is 0 Å². The Morgan fingerprint density at radius 1 is 1.16 bits per heavy atom. The summed E-state index contributed by atoms with van der Waals surface area (Å²) in [4.78, 5) is 12.0. The fraction of sp³-hybridized carbons (Fsp3) is 0.562. The number of benzene rings is 1. The predicted molar refractivity (Wildman–Crippen MR) is 78.2 cm³/mol. The standard InChI is InChI=1S/C16H25NO2/c1-5-11-17-15(16(18)19-6-2)14-9-7-13(8-10-14)12(3)4/h7-10,12,15,17H,5-6,11H2,1-4H3. The first-order chi connectivity index (χ1) is 9.10. The SMILES string of the molecule is CCCNC(C(=O)OCC)c1ccc(C(C)C)cc1. The van der Waals surface area contributed by atoms with E-state index in [1.165, 1.54) is 5.56 Å². The smallest absolute Gasteiger partial charge is 0.327 e. The van der Waals surface area contributed by atoms with E-state index in [2.05, 4.69) is 38.2 Å². The number of ether oxygens (including phenoxy) is 1. The zero-order valence-corrected chi connectivity index (χ0v) is 12.4. The minimum atomic E-state index is -0.360. The van der Waals surface area contributed by atoms with Gasteiger partial charge in [0, 0.05) is 0 Å². The number of carbonyl (C=O) groups is 1. The highest BCUT2D eigenvalue weighted by Gasteiger charge is 2.20. The van der Waals surface area contributed by atoms with Crippen LogP contribution < -0.4 is 5.32 Å². The average Bonchev–Trinajstić information content (AvgIpc) is 2.40. The normalized spacial score (nSPS) is 12.5. The molecule has 1 aromatic rings. The van der Waals surface area contributed by atoms with Crippen molar-refractivity contribution in [2.75, 3.05) is 13.2 Å². The van der Waals surface area contributed by atoms with Gasteiger partial charge < -0.3 is 10.1 Å². The third kappa shape index (κ3) is 4.67. The molecule has 0 fully saturated rings. The average molecular weight is 263 g/mol. The molecule has 1 aromatic carbocycles. The zero-order valence-electron chi connectivity index (χ0n) is 12.4. The molecule has 1 unspecified atom stereocenters. The van der Waals surface area contributed by atoms with Crippen molar-refractivity contribution in [3.8, 4) is 0 Å². The first kappa shape index (κ1) is 15.7. The minimum Gasteiger partial charge on any atom is -0.465 e. The van der Waals surface area contributed by atoms with Crippen LogP contribution in [0.4, 0.5) is 0 Å². The molecule has 19 heavy (non-hydrogen) atoms. The van der Waals surface area contributed by atoms with Crippen molar-refractivity contribution in [1.29, 1.82) is 0 Å². The molecule has 3 heteroatoms. The largest absolute Gasteiger partial charge is 0.465 e. The van der Waals surface area contributed by atoms with Gasteiger partial charge in [0.2, 0.25) is 0 Å². The van der Waals surface area contributed by atoms with Crippen molar-refractivity contribution in [3.05, 3.63) is 35.4 Å². The van der Waals surface area contributed by atoms with Gasteiger partial charge >= 0.3 is 5.97 Å². The van der Waals surface area contributed by atoms with Gasteiger partial charge in [0.05, 0.1) is 6.61 Å². The van der Waals surface area contributed by atoms with E-state index in [9.17, 15) is 4.79 Å². The van der Waals surface area contributed by atoms with E-state index < -0.39 is 0 Å². The molecule has 0 amide bonds. The fourth-order valence-electron chi connectivity index (χ4n) is 1.92. The molecule has 0 aliphatic heterocycles. The maximum Gasteiger partial charge on any atom is 0.327 e. The number of rotatable bonds is 7. The van der Waals surface area contributed by atoms with Gasteiger partial charge in [0.15, 0.2) is 0 Å². The van der Waals surface area contributed by atoms with Gasteiger partial charge in [-0.3, -0.25) is 0 Å². The molecule has 0 bridgehead atoms. The molecule has 0 spiro atoms. The van der Waals surface area contributed by atoms with Crippen molar-refractivity contribution in [1.82, 2.24) is 5.32 Å². The highest BCUT2D eigenvalue weighted by molar-refractivity contribution is 5.77. The number of hydrogen-bond donors (Lipinski definition) is 1. The van der Waals surface area contributed by atoms with Crippen molar-refractivity contribution >= 4 is 5.97 Å². The van der Waals surface area contributed by atoms with Crippen LogP contribution in [0.3, 0.4) is 0 Å². The molecule has 0 saturated heterocycles. The van der Waals surface area contributed by atoms with E-state index in [-0.39, 0.29) is 12.0 Å². The second-order valence-corrected chi connectivity index (χ2v) is 4.96. The van der Waals surface area contributed by atoms with E-state index in [1.807, 2.05) is 19.1 Å². The number of carbonyl (C=O) groups excluding carboxylic acids is 1. The molecule has 0 aliphatic carbocycles. The van der Waals surface area contributed by atoms with Crippen molar-refractivity contribution in [2.45, 2.75) is 46.1 Å². The van der Waals surface area contributed by atoms with Crippen LogP contribution in [-0.4, -0.2) is 19.1 Å². The Morgan fingerprint density at radius 2 is 1.74 bits per heavy atom. The molecule has 1 N–H and O–H groups in total. The van der Waals surface area contributed by atoms with Crippen LogP contribution in [0.1, 0.15) is 57.2 Å². The monoisotopic (exact) mass is 263 g/mol. The summed E-state index contributed by atoms with van der Waals surface area (Å²) in [5.74, 6) is 0.298. The Hall–Kier alpha value is -1.35. The highest BCUT2D eigenvalue weighted by Crippen LogP contribution is 2.19. The number of nitrogens with one attached hydrogen (secondary N) is 1. The lowest BCUT2D eigenvalue weighted by atomic mass is 9.99. The van der Waals surface area contributed by atoms with Gasteiger partial charge in [-0.05, 0) is 36.9 Å². The van der Waals surface area contributed by atoms with E-state index in [4.69, 9.17) is 4.74 Å². The predicted octanol–water partition coefficient (Wildman–Crippen LogP) is 3.41. The summed E-state index contributed by atoms with van der Waals surface area (Å²) in [6.07, 6.45) is 0.986. The molecule has 106 valence electrons. The van der Waals surface area contributed by atoms with Gasteiger partial charge in [-0.2, -0.15) is 0 Å². The Morgan fingerprint density at radius 3 is 2.21 bits per heavy atom. The summed E-state index contributed by atoms with van der Waals surface area (Å²) >= 11 is 0. The maximum atomic E-state index is 12.0. The van der Waals surface area contributed by atoms with E-state index in [0.717, 1.165) is 18.5 Å². The lowest BCUT2D eigenvalue weighted by molar-refractivity contribution is -0.145. The lowest BCUT2D eigenvalue weighted by Crippen LogP contribution is -2.30. The Balaban J connectivity index is 2.86. The second-order valence-electron chi connectivity index (χ2n) is 4.96. The second kappa shape index (κ2) is 7.95. The molecule has 0 saturated carbocycles. The summed E-state index contributed by atoms with van der Waals surface area (Å²) in [7, 11) is 0. The molecule has 1 atom stereocenters. The minimum absolute atomic E-state index is 0.201. The van der Waals surface area contributed by atoms with Gasteiger partial charge in [0.25, 0.3) is 0 Å².